The van der Waals surface area contributed by atoms with Gasteiger partial charge < -0.3 is 9.74 Å². The molecule has 0 spiro atoms. The molecule has 1 aliphatic rings. The lowest BCUT2D eigenvalue weighted by Crippen LogP contribution is -2.18. The number of allylic oxidation sites excluding steroid dienone is 1. The Hall–Kier alpha value is -0.123. The molecule has 1 N–H and O–H groups in total. The van der Waals surface area contributed by atoms with Crippen LogP contribution >= 0.6 is 0 Å². The highest BCUT2D eigenvalue weighted by molar-refractivity contribution is 6.27. The molecule has 1 aliphatic heterocycles. The molecule has 0 bridgehead atoms. The summed E-state index contributed by atoms with van der Waals surface area (Å²) in [6, 6.07) is 1.11. The molecule has 0 saturated carbocycles. The lowest BCUT2D eigenvalue weighted by Gasteiger charge is -2.08. The smallest absolute Gasteiger partial charge is 0.165 e. The Morgan fingerprint density at radius 2 is 2.70 bits per heavy atom. The van der Waals surface area contributed by atoms with E-state index >= 15 is 0 Å². The van der Waals surface area contributed by atoms with Gasteiger partial charge in [-0.1, -0.05) is 6.08 Å². The molecule has 0 radical (unpaired) electrons. The van der Waals surface area contributed by atoms with E-state index in [2.05, 4.69) is 11.9 Å². The van der Waals surface area contributed by atoms with Crippen molar-refractivity contribution in [1.82, 2.24) is 5.32 Å². The second kappa shape index (κ2) is 4.66. The third kappa shape index (κ3) is 2.64. The van der Waals surface area contributed by atoms with Crippen molar-refractivity contribution in [2.45, 2.75) is 18.6 Å². The van der Waals surface area contributed by atoms with Crippen LogP contribution in [0.15, 0.2) is 12.7 Å². The summed E-state index contributed by atoms with van der Waals surface area (Å²) in [6.45, 7) is 5.86. The molecule has 1 saturated heterocycles. The van der Waals surface area contributed by atoms with Gasteiger partial charge in [-0.3, -0.25) is 0 Å². The molecular formula is C7H15NOSi. The van der Waals surface area contributed by atoms with Gasteiger partial charge in [0.1, 0.15) is 0 Å². The van der Waals surface area contributed by atoms with Crippen LogP contribution in [0.25, 0.3) is 0 Å². The molecule has 0 aromatic carbocycles. The molecule has 0 aliphatic carbocycles. The Labute approximate surface area is 64.6 Å². The van der Waals surface area contributed by atoms with Gasteiger partial charge in [0, 0.05) is 6.54 Å². The summed E-state index contributed by atoms with van der Waals surface area (Å²) >= 11 is 0. The van der Waals surface area contributed by atoms with Crippen LogP contribution in [0.4, 0.5) is 0 Å². The highest BCUT2D eigenvalue weighted by Crippen LogP contribution is 2.02. The van der Waals surface area contributed by atoms with E-state index in [1.807, 2.05) is 6.08 Å². The molecule has 1 heterocycles. The van der Waals surface area contributed by atoms with Crippen molar-refractivity contribution in [3.05, 3.63) is 12.7 Å². The van der Waals surface area contributed by atoms with Crippen LogP contribution in [0.5, 0.6) is 0 Å². The molecule has 0 amide bonds. The predicted molar refractivity (Wildman–Crippen MR) is 45.9 cm³/mol. The molecule has 1 fully saturated rings. The summed E-state index contributed by atoms with van der Waals surface area (Å²) in [4.78, 5) is 0. The lowest BCUT2D eigenvalue weighted by molar-refractivity contribution is 0.235. The normalized spacial score (nSPS) is 26.2. The number of hydrogen-bond donors (Lipinski definition) is 1. The summed E-state index contributed by atoms with van der Waals surface area (Å²) in [5, 5.41) is 3.27. The van der Waals surface area contributed by atoms with Crippen molar-refractivity contribution in [3.8, 4) is 0 Å². The van der Waals surface area contributed by atoms with Crippen LogP contribution in [0.3, 0.4) is 0 Å². The second-order valence-electron chi connectivity index (χ2n) is 2.56. The van der Waals surface area contributed by atoms with Crippen LogP contribution < -0.4 is 5.32 Å². The highest BCUT2D eigenvalue weighted by atomic mass is 28.2. The van der Waals surface area contributed by atoms with Gasteiger partial charge >= 0.3 is 0 Å². The highest BCUT2D eigenvalue weighted by Gasteiger charge is 2.12. The molecule has 2 nitrogen and oxygen atoms in total. The average Bonchev–Trinajstić information content (AvgIpc) is 2.41. The van der Waals surface area contributed by atoms with E-state index in [1.165, 1.54) is 6.42 Å². The van der Waals surface area contributed by atoms with Gasteiger partial charge in [0.2, 0.25) is 0 Å². The molecule has 58 valence electrons. The first-order chi connectivity index (χ1) is 4.93. The SMILES string of the molecule is C=CC[SiH2]O[C@@H]1CCNC1. The third-order valence-electron chi connectivity index (χ3n) is 1.69. The van der Waals surface area contributed by atoms with Crippen molar-refractivity contribution in [2.24, 2.45) is 0 Å². The molecule has 3 heteroatoms. The molecule has 0 aromatic rings. The minimum Gasteiger partial charge on any atom is -0.419 e. The minimum atomic E-state index is -0.276. The van der Waals surface area contributed by atoms with Gasteiger partial charge in [-0.25, -0.2) is 0 Å². The van der Waals surface area contributed by atoms with Crippen molar-refractivity contribution in [2.75, 3.05) is 13.1 Å². The summed E-state index contributed by atoms with van der Waals surface area (Å²) in [5.74, 6) is 0. The first-order valence-corrected chi connectivity index (χ1v) is 5.44. The summed E-state index contributed by atoms with van der Waals surface area (Å²) in [5.41, 5.74) is 0. The van der Waals surface area contributed by atoms with E-state index < -0.39 is 0 Å². The van der Waals surface area contributed by atoms with E-state index in [4.69, 9.17) is 4.43 Å². The largest absolute Gasteiger partial charge is 0.419 e. The topological polar surface area (TPSA) is 21.3 Å². The Morgan fingerprint density at radius 3 is 3.30 bits per heavy atom. The standard InChI is InChI=1S/C7H15NOSi/c1-2-5-10-9-7-3-4-8-6-7/h2,7-8H,1,3-6,10H2/t7-/m1/s1. The van der Waals surface area contributed by atoms with Crippen LogP contribution in [-0.4, -0.2) is 29.0 Å². The molecule has 1 rings (SSSR count). The van der Waals surface area contributed by atoms with E-state index in [9.17, 15) is 0 Å². The third-order valence-corrected chi connectivity index (χ3v) is 3.04. The van der Waals surface area contributed by atoms with Crippen molar-refractivity contribution in [1.29, 1.82) is 0 Å². The zero-order valence-electron chi connectivity index (χ0n) is 6.31. The van der Waals surface area contributed by atoms with Crippen molar-refractivity contribution >= 4 is 9.76 Å². The fourth-order valence-electron chi connectivity index (χ4n) is 1.09. The molecular weight excluding hydrogens is 142 g/mol. The fourth-order valence-corrected chi connectivity index (χ4v) is 2.01. The molecule has 10 heavy (non-hydrogen) atoms. The maximum Gasteiger partial charge on any atom is 0.165 e. The van der Waals surface area contributed by atoms with E-state index in [-0.39, 0.29) is 9.76 Å². The summed E-state index contributed by atoms with van der Waals surface area (Å²) in [7, 11) is -0.276. The van der Waals surface area contributed by atoms with Gasteiger partial charge in [0.05, 0.1) is 6.10 Å². The Kier molecular flexibility index (Phi) is 3.71. The van der Waals surface area contributed by atoms with Gasteiger partial charge in [0.25, 0.3) is 0 Å². The number of rotatable bonds is 4. The summed E-state index contributed by atoms with van der Waals surface area (Å²) < 4.78 is 5.65. The Morgan fingerprint density at radius 1 is 1.80 bits per heavy atom. The van der Waals surface area contributed by atoms with Gasteiger partial charge in [0.15, 0.2) is 9.76 Å². The summed E-state index contributed by atoms with van der Waals surface area (Å²) in [6.07, 6.45) is 3.67. The maximum absolute atomic E-state index is 5.65. The van der Waals surface area contributed by atoms with Gasteiger partial charge in [-0.15, -0.1) is 6.58 Å². The number of hydrogen-bond acceptors (Lipinski definition) is 2. The second-order valence-corrected chi connectivity index (χ2v) is 3.88. The van der Waals surface area contributed by atoms with Gasteiger partial charge in [-0.2, -0.15) is 0 Å². The molecule has 0 aromatic heterocycles. The first-order valence-electron chi connectivity index (χ1n) is 3.86. The lowest BCUT2D eigenvalue weighted by atomic mass is 10.3. The van der Waals surface area contributed by atoms with E-state index in [0.29, 0.717) is 6.10 Å². The quantitative estimate of drug-likeness (QED) is 0.354. The first kappa shape index (κ1) is 7.98. The monoisotopic (exact) mass is 157 g/mol. The van der Waals surface area contributed by atoms with Crippen LogP contribution in [0.2, 0.25) is 6.04 Å². The fraction of sp³-hybridized carbons (Fsp3) is 0.714. The number of nitrogens with one attached hydrogen (secondary N) is 1. The average molecular weight is 157 g/mol. The Balaban J connectivity index is 1.96. The molecule has 1 atom stereocenters. The van der Waals surface area contributed by atoms with Gasteiger partial charge in [-0.05, 0) is 19.0 Å². The zero-order chi connectivity index (χ0) is 7.23. The van der Waals surface area contributed by atoms with E-state index in [1.54, 1.807) is 0 Å². The van der Waals surface area contributed by atoms with Crippen molar-refractivity contribution < 1.29 is 4.43 Å². The maximum atomic E-state index is 5.65. The van der Waals surface area contributed by atoms with Crippen LogP contribution in [0.1, 0.15) is 6.42 Å². The predicted octanol–water partition coefficient (Wildman–Crippen LogP) is 0.0530. The van der Waals surface area contributed by atoms with Crippen molar-refractivity contribution in [3.63, 3.8) is 0 Å². The van der Waals surface area contributed by atoms with E-state index in [0.717, 1.165) is 19.1 Å². The van der Waals surface area contributed by atoms with Crippen LogP contribution in [0, 0.1) is 0 Å². The molecule has 0 unspecified atom stereocenters. The zero-order valence-corrected chi connectivity index (χ0v) is 7.72. The van der Waals surface area contributed by atoms with Crippen LogP contribution in [-0.2, 0) is 4.43 Å². The minimum absolute atomic E-state index is 0.276. The Bertz CT molecular complexity index is 102.